The topological polar surface area (TPSA) is 18.5 Å². The third-order valence-electron chi connectivity index (χ3n) is 5.08. The van der Waals surface area contributed by atoms with Crippen molar-refractivity contribution >= 4 is 36.7 Å². The van der Waals surface area contributed by atoms with Crippen LogP contribution in [-0.4, -0.2) is 25.7 Å². The van der Waals surface area contributed by atoms with Gasteiger partial charge in [-0.1, -0.05) is 0 Å². The Kier molecular flexibility index (Phi) is 7.06. The van der Waals surface area contributed by atoms with E-state index in [1.165, 1.54) is 15.9 Å². The number of hydrogen-bond acceptors (Lipinski definition) is 2. The van der Waals surface area contributed by atoms with Gasteiger partial charge in [-0.25, -0.2) is 0 Å². The molecule has 0 saturated heterocycles. The summed E-state index contributed by atoms with van der Waals surface area (Å²) in [7, 11) is 0. The SMILES string of the molecule is CCOC(CP(Br)(c1ccccc1)(c1ccccc1)c1ccccc1)OCC. The Morgan fingerprint density at radius 1 is 0.643 bits per heavy atom. The summed E-state index contributed by atoms with van der Waals surface area (Å²) in [6.07, 6.45) is 0.429. The number of benzene rings is 3. The zero-order valence-electron chi connectivity index (χ0n) is 16.5. The van der Waals surface area contributed by atoms with Crippen molar-refractivity contribution in [1.82, 2.24) is 0 Å². The summed E-state index contributed by atoms with van der Waals surface area (Å²) in [4.78, 5) is 0. The van der Waals surface area contributed by atoms with Crippen LogP contribution in [0.5, 0.6) is 0 Å². The second kappa shape index (κ2) is 9.33. The standard InChI is InChI=1S/C24H28BrO2P/c1-3-26-24(27-4-2)20-28(25,21-14-8-5-9-15-21,22-16-10-6-11-17-22)23-18-12-7-13-19-23/h5-19,24H,3-4,20H2,1-2H3. The Morgan fingerprint density at radius 2 is 0.964 bits per heavy atom. The van der Waals surface area contributed by atoms with Crippen LogP contribution in [0.1, 0.15) is 13.8 Å². The molecule has 0 fully saturated rings. The van der Waals surface area contributed by atoms with E-state index in [0.29, 0.717) is 13.2 Å². The third-order valence-corrected chi connectivity index (χ3v) is 14.7. The van der Waals surface area contributed by atoms with Gasteiger partial charge in [0.05, 0.1) is 0 Å². The van der Waals surface area contributed by atoms with Gasteiger partial charge >= 0.3 is 177 Å². The second-order valence-corrected chi connectivity index (χ2v) is 15.7. The van der Waals surface area contributed by atoms with E-state index in [1.54, 1.807) is 0 Å². The fourth-order valence-electron chi connectivity index (χ4n) is 3.79. The number of rotatable bonds is 9. The molecule has 3 aromatic carbocycles. The van der Waals surface area contributed by atoms with Crippen LogP contribution in [0.2, 0.25) is 0 Å². The minimum absolute atomic E-state index is 0.298. The molecule has 148 valence electrons. The molecule has 0 saturated carbocycles. The van der Waals surface area contributed by atoms with Crippen molar-refractivity contribution in [1.29, 1.82) is 0 Å². The summed E-state index contributed by atoms with van der Waals surface area (Å²) in [6.45, 7) is 5.26. The molecule has 0 heterocycles. The molecule has 0 aliphatic carbocycles. The minimum atomic E-state index is -3.01. The molecule has 0 spiro atoms. The van der Waals surface area contributed by atoms with Crippen molar-refractivity contribution in [2.75, 3.05) is 19.4 Å². The van der Waals surface area contributed by atoms with Crippen molar-refractivity contribution in [3.8, 4) is 0 Å². The van der Waals surface area contributed by atoms with Crippen LogP contribution < -0.4 is 15.9 Å². The summed E-state index contributed by atoms with van der Waals surface area (Å²) in [5, 5.41) is 0.806. The molecular formula is C24H28BrO2P. The van der Waals surface area contributed by atoms with Crippen molar-refractivity contribution in [2.45, 2.75) is 20.1 Å². The van der Waals surface area contributed by atoms with Crippen LogP contribution in [0.3, 0.4) is 0 Å². The molecule has 3 aromatic rings. The molecule has 3 rings (SSSR count). The van der Waals surface area contributed by atoms with Gasteiger partial charge in [-0.15, -0.1) is 0 Å². The molecular weight excluding hydrogens is 431 g/mol. The average Bonchev–Trinajstić information content (AvgIpc) is 2.76. The molecule has 0 atom stereocenters. The van der Waals surface area contributed by atoms with Crippen LogP contribution in [-0.2, 0) is 9.47 Å². The molecule has 0 unspecified atom stereocenters. The Labute approximate surface area is 176 Å². The Morgan fingerprint density at radius 3 is 1.25 bits per heavy atom. The van der Waals surface area contributed by atoms with Crippen LogP contribution in [0.4, 0.5) is 0 Å². The summed E-state index contributed by atoms with van der Waals surface area (Å²) < 4.78 is 12.1. The van der Waals surface area contributed by atoms with E-state index in [0.717, 1.165) is 6.16 Å². The average molecular weight is 459 g/mol. The Bertz CT molecular complexity index is 750. The normalized spacial score (nSPS) is 13.2. The van der Waals surface area contributed by atoms with Gasteiger partial charge in [0.15, 0.2) is 0 Å². The number of halogens is 1. The zero-order chi connectivity index (χ0) is 19.9. The Balaban J connectivity index is 2.33. The van der Waals surface area contributed by atoms with Crippen molar-refractivity contribution < 1.29 is 9.47 Å². The predicted molar refractivity (Wildman–Crippen MR) is 126 cm³/mol. The summed E-state index contributed by atoms with van der Waals surface area (Å²) >= 11 is 4.43. The molecule has 28 heavy (non-hydrogen) atoms. The van der Waals surface area contributed by atoms with Crippen LogP contribution >= 0.6 is 20.8 Å². The molecule has 4 heteroatoms. The van der Waals surface area contributed by atoms with Gasteiger partial charge in [-0.05, 0) is 0 Å². The van der Waals surface area contributed by atoms with E-state index >= 15 is 0 Å². The van der Waals surface area contributed by atoms with Gasteiger partial charge in [-0.3, -0.25) is 0 Å². The van der Waals surface area contributed by atoms with Crippen molar-refractivity contribution in [3.63, 3.8) is 0 Å². The van der Waals surface area contributed by atoms with E-state index in [-0.39, 0.29) is 6.29 Å². The Hall–Kier alpha value is -1.51. The van der Waals surface area contributed by atoms with Gasteiger partial charge in [0, 0.05) is 0 Å². The first-order valence-corrected chi connectivity index (χ1v) is 14.2. The quantitative estimate of drug-likeness (QED) is 0.323. The fraction of sp³-hybridized carbons (Fsp3) is 0.250. The van der Waals surface area contributed by atoms with Gasteiger partial charge in [0.1, 0.15) is 0 Å². The van der Waals surface area contributed by atoms with Crippen LogP contribution in [0.15, 0.2) is 91.0 Å². The van der Waals surface area contributed by atoms with Crippen molar-refractivity contribution in [3.05, 3.63) is 91.0 Å². The summed E-state index contributed by atoms with van der Waals surface area (Å²) in [6, 6.07) is 32.2. The van der Waals surface area contributed by atoms with Gasteiger partial charge in [0.2, 0.25) is 0 Å². The second-order valence-electron chi connectivity index (χ2n) is 6.71. The van der Waals surface area contributed by atoms with Crippen molar-refractivity contribution in [2.24, 2.45) is 0 Å². The molecule has 0 radical (unpaired) electrons. The van der Waals surface area contributed by atoms with Gasteiger partial charge < -0.3 is 0 Å². The maximum atomic E-state index is 6.05. The monoisotopic (exact) mass is 458 g/mol. The summed E-state index contributed by atoms with van der Waals surface area (Å²) in [5.74, 6) is 0. The maximum absolute atomic E-state index is 6.05. The number of ether oxygens (including phenoxy) is 2. The number of hydrogen-bond donors (Lipinski definition) is 0. The van der Waals surface area contributed by atoms with E-state index in [4.69, 9.17) is 9.47 Å². The first-order chi connectivity index (χ1) is 13.6. The van der Waals surface area contributed by atoms with Crippen LogP contribution in [0.25, 0.3) is 0 Å². The molecule has 0 amide bonds. The summed E-state index contributed by atoms with van der Waals surface area (Å²) in [5.41, 5.74) is 0. The van der Waals surface area contributed by atoms with E-state index < -0.39 is 5.31 Å². The van der Waals surface area contributed by atoms with Gasteiger partial charge in [-0.2, -0.15) is 0 Å². The first kappa shape index (κ1) is 21.2. The molecule has 2 nitrogen and oxygen atoms in total. The van der Waals surface area contributed by atoms with E-state index in [1.807, 2.05) is 13.8 Å². The molecule has 0 aromatic heterocycles. The molecule has 0 aliphatic rings. The third kappa shape index (κ3) is 3.95. The van der Waals surface area contributed by atoms with E-state index in [9.17, 15) is 0 Å². The fourth-order valence-corrected chi connectivity index (χ4v) is 11.3. The van der Waals surface area contributed by atoms with Gasteiger partial charge in [0.25, 0.3) is 0 Å². The van der Waals surface area contributed by atoms with Crippen LogP contribution in [0, 0.1) is 0 Å². The van der Waals surface area contributed by atoms with E-state index in [2.05, 4.69) is 106 Å². The first-order valence-electron chi connectivity index (χ1n) is 9.76. The molecule has 0 N–H and O–H groups in total. The molecule has 0 aliphatic heterocycles. The zero-order valence-corrected chi connectivity index (χ0v) is 19.0. The predicted octanol–water partition coefficient (Wildman–Crippen LogP) is 5.23. The molecule has 0 bridgehead atoms.